The summed E-state index contributed by atoms with van der Waals surface area (Å²) in [6, 6.07) is 3.37. The summed E-state index contributed by atoms with van der Waals surface area (Å²) in [7, 11) is 3.61. The molecule has 3 heteroatoms. The highest BCUT2D eigenvalue weighted by atomic mass is 16.5. The molecule has 0 bridgehead atoms. The fourth-order valence-electron chi connectivity index (χ4n) is 1.53. The number of anilines is 1. The lowest BCUT2D eigenvalue weighted by Gasteiger charge is -2.22. The predicted molar refractivity (Wildman–Crippen MR) is 58.3 cm³/mol. The molecule has 0 heterocycles. The number of ether oxygens (including phenoxy) is 1. The summed E-state index contributed by atoms with van der Waals surface area (Å²) < 4.78 is 5.23. The van der Waals surface area contributed by atoms with Crippen LogP contribution < -0.4 is 9.64 Å². The molecule has 0 fully saturated rings. The maximum absolute atomic E-state index is 9.41. The molecule has 3 nitrogen and oxygen atoms in total. The Morgan fingerprint density at radius 2 is 2.07 bits per heavy atom. The number of nitrogens with zero attached hydrogens (tertiary/aromatic N) is 1. The van der Waals surface area contributed by atoms with Gasteiger partial charge >= 0.3 is 0 Å². The van der Waals surface area contributed by atoms with Gasteiger partial charge in [0, 0.05) is 19.7 Å². The molecule has 0 saturated carbocycles. The molecule has 0 aromatic heterocycles. The topological polar surface area (TPSA) is 32.7 Å². The van der Waals surface area contributed by atoms with Crippen molar-refractivity contribution >= 4 is 5.69 Å². The molecule has 1 rings (SSSR count). The number of hydrogen-bond donors (Lipinski definition) is 1. The number of phenols is 1. The SMILES string of the molecule is CCN(C)c1c(C)cc(O)cc1OC. The van der Waals surface area contributed by atoms with Crippen LogP contribution in [0.4, 0.5) is 5.69 Å². The lowest BCUT2D eigenvalue weighted by Crippen LogP contribution is -2.17. The third-order valence-corrected chi connectivity index (χ3v) is 2.33. The number of methoxy groups -OCH3 is 1. The molecule has 1 aromatic carbocycles. The number of hydrogen-bond acceptors (Lipinski definition) is 3. The van der Waals surface area contributed by atoms with Crippen LogP contribution >= 0.6 is 0 Å². The van der Waals surface area contributed by atoms with Crippen LogP contribution in [0.25, 0.3) is 0 Å². The van der Waals surface area contributed by atoms with E-state index in [1.54, 1.807) is 19.2 Å². The minimum atomic E-state index is 0.243. The lowest BCUT2D eigenvalue weighted by atomic mass is 10.1. The molecule has 0 unspecified atom stereocenters. The third kappa shape index (κ3) is 1.92. The largest absolute Gasteiger partial charge is 0.508 e. The summed E-state index contributed by atoms with van der Waals surface area (Å²) in [5.74, 6) is 0.958. The van der Waals surface area contributed by atoms with Gasteiger partial charge in [0.05, 0.1) is 12.8 Å². The van der Waals surface area contributed by atoms with E-state index in [4.69, 9.17) is 4.74 Å². The van der Waals surface area contributed by atoms with Crippen LogP contribution in [0.1, 0.15) is 12.5 Å². The van der Waals surface area contributed by atoms with Crippen molar-refractivity contribution in [2.45, 2.75) is 13.8 Å². The molecule has 0 radical (unpaired) electrons. The Hall–Kier alpha value is -1.38. The summed E-state index contributed by atoms with van der Waals surface area (Å²) in [5, 5.41) is 9.41. The van der Waals surface area contributed by atoms with E-state index in [1.165, 1.54) is 0 Å². The van der Waals surface area contributed by atoms with E-state index in [0.29, 0.717) is 5.75 Å². The zero-order valence-corrected chi connectivity index (χ0v) is 9.16. The average Bonchev–Trinajstić information content (AvgIpc) is 2.15. The number of aryl methyl sites for hydroxylation is 1. The van der Waals surface area contributed by atoms with Gasteiger partial charge in [0.2, 0.25) is 0 Å². The van der Waals surface area contributed by atoms with Gasteiger partial charge in [-0.25, -0.2) is 0 Å². The Balaban J connectivity index is 3.24. The summed E-state index contributed by atoms with van der Waals surface area (Å²) in [5.41, 5.74) is 2.05. The fraction of sp³-hybridized carbons (Fsp3) is 0.455. The molecule has 0 spiro atoms. The van der Waals surface area contributed by atoms with E-state index >= 15 is 0 Å². The molecular weight excluding hydrogens is 178 g/mol. The molecule has 1 N–H and O–H groups in total. The van der Waals surface area contributed by atoms with Gasteiger partial charge in [0.1, 0.15) is 11.5 Å². The summed E-state index contributed by atoms with van der Waals surface area (Å²) in [6.45, 7) is 4.94. The van der Waals surface area contributed by atoms with Crippen LogP contribution in [0.15, 0.2) is 12.1 Å². The van der Waals surface area contributed by atoms with E-state index in [2.05, 4.69) is 11.8 Å². The van der Waals surface area contributed by atoms with Crippen molar-refractivity contribution in [3.63, 3.8) is 0 Å². The van der Waals surface area contributed by atoms with E-state index in [-0.39, 0.29) is 5.75 Å². The number of rotatable bonds is 3. The Labute approximate surface area is 84.9 Å². The molecule has 14 heavy (non-hydrogen) atoms. The van der Waals surface area contributed by atoms with Crippen molar-refractivity contribution in [1.82, 2.24) is 0 Å². The van der Waals surface area contributed by atoms with Gasteiger partial charge in [-0.15, -0.1) is 0 Å². The van der Waals surface area contributed by atoms with Gasteiger partial charge in [0.25, 0.3) is 0 Å². The average molecular weight is 195 g/mol. The highest BCUT2D eigenvalue weighted by Crippen LogP contribution is 2.34. The van der Waals surface area contributed by atoms with Gasteiger partial charge in [-0.2, -0.15) is 0 Å². The Kier molecular flexibility index (Phi) is 3.23. The van der Waals surface area contributed by atoms with Gasteiger partial charge in [-0.1, -0.05) is 0 Å². The molecule has 78 valence electrons. The maximum Gasteiger partial charge on any atom is 0.146 e. The number of benzene rings is 1. The van der Waals surface area contributed by atoms with E-state index < -0.39 is 0 Å². The second-order valence-electron chi connectivity index (χ2n) is 3.33. The number of phenolic OH excluding ortho intramolecular Hbond substituents is 1. The zero-order chi connectivity index (χ0) is 10.7. The van der Waals surface area contributed by atoms with Gasteiger partial charge in [-0.3, -0.25) is 0 Å². The molecule has 0 amide bonds. The van der Waals surface area contributed by atoms with Gasteiger partial charge in [0.15, 0.2) is 0 Å². The lowest BCUT2D eigenvalue weighted by molar-refractivity contribution is 0.407. The van der Waals surface area contributed by atoms with Crippen LogP contribution in [-0.2, 0) is 0 Å². The highest BCUT2D eigenvalue weighted by Gasteiger charge is 2.11. The van der Waals surface area contributed by atoms with Crippen LogP contribution in [-0.4, -0.2) is 25.8 Å². The smallest absolute Gasteiger partial charge is 0.146 e. The zero-order valence-electron chi connectivity index (χ0n) is 9.16. The quantitative estimate of drug-likeness (QED) is 0.802. The van der Waals surface area contributed by atoms with Crippen LogP contribution in [0.3, 0.4) is 0 Å². The second kappa shape index (κ2) is 4.22. The first kappa shape index (κ1) is 10.7. The minimum Gasteiger partial charge on any atom is -0.508 e. The van der Waals surface area contributed by atoms with Crippen LogP contribution in [0, 0.1) is 6.92 Å². The first-order valence-electron chi connectivity index (χ1n) is 4.68. The van der Waals surface area contributed by atoms with Crippen molar-refractivity contribution < 1.29 is 9.84 Å². The minimum absolute atomic E-state index is 0.243. The van der Waals surface area contributed by atoms with E-state index in [0.717, 1.165) is 17.8 Å². The highest BCUT2D eigenvalue weighted by molar-refractivity contribution is 5.65. The Bertz CT molecular complexity index is 323. The van der Waals surface area contributed by atoms with Crippen molar-refractivity contribution in [2.75, 3.05) is 25.6 Å². The molecule has 0 aliphatic carbocycles. The first-order chi connectivity index (χ1) is 6.60. The predicted octanol–water partition coefficient (Wildman–Crippen LogP) is 2.17. The van der Waals surface area contributed by atoms with Crippen molar-refractivity contribution in [1.29, 1.82) is 0 Å². The second-order valence-corrected chi connectivity index (χ2v) is 3.33. The third-order valence-electron chi connectivity index (χ3n) is 2.33. The molecular formula is C11H17NO2. The van der Waals surface area contributed by atoms with E-state index in [1.807, 2.05) is 14.0 Å². The van der Waals surface area contributed by atoms with Crippen molar-refractivity contribution in [3.05, 3.63) is 17.7 Å². The monoisotopic (exact) mass is 195 g/mol. The maximum atomic E-state index is 9.41. The van der Waals surface area contributed by atoms with Gasteiger partial charge < -0.3 is 14.7 Å². The summed E-state index contributed by atoms with van der Waals surface area (Å²) in [6.07, 6.45) is 0. The van der Waals surface area contributed by atoms with Crippen molar-refractivity contribution in [2.24, 2.45) is 0 Å². The molecule has 0 saturated heterocycles. The standard InChI is InChI=1S/C11H17NO2/c1-5-12(3)11-8(2)6-9(13)7-10(11)14-4/h6-7,13H,5H2,1-4H3. The molecule has 0 aliphatic rings. The van der Waals surface area contributed by atoms with Crippen molar-refractivity contribution in [3.8, 4) is 11.5 Å². The normalized spacial score (nSPS) is 10.0. The van der Waals surface area contributed by atoms with Gasteiger partial charge in [-0.05, 0) is 25.5 Å². The number of aromatic hydroxyl groups is 1. The Morgan fingerprint density at radius 1 is 1.43 bits per heavy atom. The van der Waals surface area contributed by atoms with Crippen LogP contribution in [0.5, 0.6) is 11.5 Å². The summed E-state index contributed by atoms with van der Waals surface area (Å²) in [4.78, 5) is 2.09. The fourth-order valence-corrected chi connectivity index (χ4v) is 1.53. The van der Waals surface area contributed by atoms with Crippen LogP contribution in [0.2, 0.25) is 0 Å². The summed E-state index contributed by atoms with van der Waals surface area (Å²) >= 11 is 0. The molecule has 0 atom stereocenters. The first-order valence-corrected chi connectivity index (χ1v) is 4.68. The molecule has 1 aromatic rings. The molecule has 0 aliphatic heterocycles. The Morgan fingerprint density at radius 3 is 2.57 bits per heavy atom. The van der Waals surface area contributed by atoms with E-state index in [9.17, 15) is 5.11 Å².